The SMILES string of the molecule is COC(=O)[C@H](Cc1ccccc1-c1cccc2ccccc12)NC(=O)C(F)(F)F. The van der Waals surface area contributed by atoms with Crippen molar-refractivity contribution in [1.29, 1.82) is 0 Å². The molecule has 0 spiro atoms. The van der Waals surface area contributed by atoms with E-state index < -0.39 is 24.1 Å². The molecule has 0 radical (unpaired) electrons. The van der Waals surface area contributed by atoms with E-state index in [-0.39, 0.29) is 6.42 Å². The van der Waals surface area contributed by atoms with Crippen LogP contribution in [-0.2, 0) is 20.7 Å². The summed E-state index contributed by atoms with van der Waals surface area (Å²) < 4.78 is 42.6. The van der Waals surface area contributed by atoms with E-state index >= 15 is 0 Å². The number of methoxy groups -OCH3 is 1. The molecular weight excluding hydrogens is 383 g/mol. The normalized spacial score (nSPS) is 12.4. The second-order valence-corrected chi connectivity index (χ2v) is 6.43. The first-order valence-electron chi connectivity index (χ1n) is 8.83. The zero-order chi connectivity index (χ0) is 21.0. The van der Waals surface area contributed by atoms with Gasteiger partial charge in [0.1, 0.15) is 6.04 Å². The first kappa shape index (κ1) is 20.4. The van der Waals surface area contributed by atoms with Gasteiger partial charge < -0.3 is 10.1 Å². The lowest BCUT2D eigenvalue weighted by Crippen LogP contribution is -2.48. The lowest BCUT2D eigenvalue weighted by atomic mass is 9.92. The zero-order valence-corrected chi connectivity index (χ0v) is 15.5. The van der Waals surface area contributed by atoms with Crippen LogP contribution in [0.1, 0.15) is 5.56 Å². The van der Waals surface area contributed by atoms with Crippen molar-refractivity contribution in [3.05, 3.63) is 72.3 Å². The van der Waals surface area contributed by atoms with Crippen LogP contribution in [0, 0.1) is 0 Å². The molecule has 0 saturated heterocycles. The van der Waals surface area contributed by atoms with Crippen LogP contribution in [0.3, 0.4) is 0 Å². The van der Waals surface area contributed by atoms with E-state index in [4.69, 9.17) is 0 Å². The molecule has 0 aromatic heterocycles. The Morgan fingerprint density at radius 1 is 0.931 bits per heavy atom. The minimum Gasteiger partial charge on any atom is -0.467 e. The van der Waals surface area contributed by atoms with Crippen LogP contribution >= 0.6 is 0 Å². The van der Waals surface area contributed by atoms with E-state index in [0.29, 0.717) is 5.56 Å². The monoisotopic (exact) mass is 401 g/mol. The molecule has 7 heteroatoms. The zero-order valence-electron chi connectivity index (χ0n) is 15.5. The summed E-state index contributed by atoms with van der Waals surface area (Å²) >= 11 is 0. The maximum Gasteiger partial charge on any atom is 0.471 e. The third kappa shape index (κ3) is 4.56. The predicted molar refractivity (Wildman–Crippen MR) is 103 cm³/mol. The van der Waals surface area contributed by atoms with Crippen molar-refractivity contribution in [1.82, 2.24) is 5.32 Å². The average molecular weight is 401 g/mol. The first-order valence-corrected chi connectivity index (χ1v) is 8.83. The lowest BCUT2D eigenvalue weighted by Gasteiger charge is -2.19. The van der Waals surface area contributed by atoms with Crippen LogP contribution < -0.4 is 5.32 Å². The molecule has 1 atom stereocenters. The summed E-state index contributed by atoms with van der Waals surface area (Å²) in [7, 11) is 1.06. The minimum atomic E-state index is -5.10. The molecule has 0 aliphatic heterocycles. The predicted octanol–water partition coefficient (Wildman–Crippen LogP) is 4.27. The molecule has 0 aliphatic rings. The number of esters is 1. The smallest absolute Gasteiger partial charge is 0.467 e. The summed E-state index contributed by atoms with van der Waals surface area (Å²) in [5.41, 5.74) is 2.26. The highest BCUT2D eigenvalue weighted by atomic mass is 19.4. The third-order valence-corrected chi connectivity index (χ3v) is 4.57. The molecule has 4 nitrogen and oxygen atoms in total. The van der Waals surface area contributed by atoms with Gasteiger partial charge in [-0.3, -0.25) is 4.79 Å². The summed E-state index contributed by atoms with van der Waals surface area (Å²) in [5.74, 6) is -3.13. The highest BCUT2D eigenvalue weighted by molar-refractivity contribution is 5.97. The van der Waals surface area contributed by atoms with Crippen LogP contribution in [0.4, 0.5) is 13.2 Å². The van der Waals surface area contributed by atoms with Gasteiger partial charge >= 0.3 is 18.1 Å². The van der Waals surface area contributed by atoms with E-state index in [1.807, 2.05) is 54.6 Å². The lowest BCUT2D eigenvalue weighted by molar-refractivity contribution is -0.175. The van der Waals surface area contributed by atoms with Crippen molar-refractivity contribution >= 4 is 22.6 Å². The fourth-order valence-corrected chi connectivity index (χ4v) is 3.22. The molecular formula is C22H18F3NO3. The summed E-state index contributed by atoms with van der Waals surface area (Å²) in [6, 6.07) is 19.1. The van der Waals surface area contributed by atoms with Crippen LogP contribution in [0.15, 0.2) is 66.7 Å². The number of benzene rings is 3. The topological polar surface area (TPSA) is 55.4 Å². The third-order valence-electron chi connectivity index (χ3n) is 4.57. The molecule has 3 rings (SSSR count). The maximum atomic E-state index is 12.7. The van der Waals surface area contributed by atoms with Gasteiger partial charge in [-0.05, 0) is 27.5 Å². The van der Waals surface area contributed by atoms with Crippen LogP contribution in [0.25, 0.3) is 21.9 Å². The second kappa shape index (κ2) is 8.34. The van der Waals surface area contributed by atoms with Gasteiger partial charge in [-0.15, -0.1) is 0 Å². The Hall–Kier alpha value is -3.35. The Bertz CT molecular complexity index is 1040. The Kier molecular flexibility index (Phi) is 5.87. The van der Waals surface area contributed by atoms with E-state index in [2.05, 4.69) is 4.74 Å². The van der Waals surface area contributed by atoms with Gasteiger partial charge in [0.05, 0.1) is 7.11 Å². The number of fused-ring (bicyclic) bond motifs is 1. The Morgan fingerprint density at radius 3 is 2.28 bits per heavy atom. The minimum absolute atomic E-state index is 0.145. The fraction of sp³-hybridized carbons (Fsp3) is 0.182. The van der Waals surface area contributed by atoms with Crippen LogP contribution in [0.2, 0.25) is 0 Å². The number of ether oxygens (including phenoxy) is 1. The number of amides is 1. The molecule has 29 heavy (non-hydrogen) atoms. The van der Waals surface area contributed by atoms with Crippen molar-refractivity contribution < 1.29 is 27.5 Å². The number of hydrogen-bond acceptors (Lipinski definition) is 3. The average Bonchev–Trinajstić information content (AvgIpc) is 2.72. The number of carbonyl (C=O) groups is 2. The van der Waals surface area contributed by atoms with Crippen molar-refractivity contribution in [2.24, 2.45) is 0 Å². The maximum absolute atomic E-state index is 12.7. The van der Waals surface area contributed by atoms with Crippen molar-refractivity contribution in [3.8, 4) is 11.1 Å². The molecule has 0 bridgehead atoms. The highest BCUT2D eigenvalue weighted by Gasteiger charge is 2.41. The molecule has 0 aliphatic carbocycles. The number of rotatable bonds is 5. The first-order chi connectivity index (χ1) is 13.8. The van der Waals surface area contributed by atoms with E-state index in [0.717, 1.165) is 29.0 Å². The molecule has 0 fully saturated rings. The number of nitrogens with one attached hydrogen (secondary N) is 1. The number of carbonyl (C=O) groups excluding carboxylic acids is 2. The van der Waals surface area contributed by atoms with Crippen LogP contribution in [0.5, 0.6) is 0 Å². The van der Waals surface area contributed by atoms with Crippen LogP contribution in [-0.4, -0.2) is 31.2 Å². The van der Waals surface area contributed by atoms with Crippen molar-refractivity contribution in [2.45, 2.75) is 18.6 Å². The summed E-state index contributed by atoms with van der Waals surface area (Å²) in [4.78, 5) is 23.4. The van der Waals surface area contributed by atoms with E-state index in [9.17, 15) is 22.8 Å². The van der Waals surface area contributed by atoms with Crippen molar-refractivity contribution in [3.63, 3.8) is 0 Å². The molecule has 0 heterocycles. The van der Waals surface area contributed by atoms with Gasteiger partial charge in [0.25, 0.3) is 0 Å². The van der Waals surface area contributed by atoms with E-state index in [1.165, 1.54) is 0 Å². The standard InChI is InChI=1S/C22H18F3NO3/c1-29-20(27)19(26-21(28)22(23,24)25)13-15-8-3-5-11-17(15)18-12-6-9-14-7-2-4-10-16(14)18/h2-12,19H,13H2,1H3,(H,26,28)/t19-/m0/s1. The highest BCUT2D eigenvalue weighted by Crippen LogP contribution is 2.31. The number of alkyl halides is 3. The van der Waals surface area contributed by atoms with Gasteiger partial charge in [0, 0.05) is 6.42 Å². The quantitative estimate of drug-likeness (QED) is 0.650. The molecule has 0 saturated carbocycles. The molecule has 150 valence electrons. The molecule has 3 aromatic rings. The molecule has 1 N–H and O–H groups in total. The Balaban J connectivity index is 2.01. The van der Waals surface area contributed by atoms with Gasteiger partial charge in [-0.2, -0.15) is 13.2 Å². The largest absolute Gasteiger partial charge is 0.471 e. The summed E-state index contributed by atoms with van der Waals surface area (Å²) in [6.45, 7) is 0. The Morgan fingerprint density at radius 2 is 1.55 bits per heavy atom. The number of halogens is 3. The fourth-order valence-electron chi connectivity index (χ4n) is 3.22. The Labute approximate surface area is 165 Å². The van der Waals surface area contributed by atoms with Crippen molar-refractivity contribution in [2.75, 3.05) is 7.11 Å². The summed E-state index contributed by atoms with van der Waals surface area (Å²) in [6.07, 6.45) is -5.24. The second-order valence-electron chi connectivity index (χ2n) is 6.43. The molecule has 0 unspecified atom stereocenters. The molecule has 1 amide bonds. The number of hydrogen-bond donors (Lipinski definition) is 1. The van der Waals surface area contributed by atoms with Gasteiger partial charge in [-0.1, -0.05) is 66.7 Å². The molecule has 3 aromatic carbocycles. The van der Waals surface area contributed by atoms with Gasteiger partial charge in [0.2, 0.25) is 0 Å². The van der Waals surface area contributed by atoms with E-state index in [1.54, 1.807) is 17.4 Å². The summed E-state index contributed by atoms with van der Waals surface area (Å²) in [5, 5.41) is 3.71. The van der Waals surface area contributed by atoms with Gasteiger partial charge in [-0.25, -0.2) is 4.79 Å². The van der Waals surface area contributed by atoms with Gasteiger partial charge in [0.15, 0.2) is 0 Å².